The number of hydrogen-bond donors (Lipinski definition) is 2. The molecule has 0 radical (unpaired) electrons. The summed E-state index contributed by atoms with van der Waals surface area (Å²) in [6.07, 6.45) is -8.72. The van der Waals surface area contributed by atoms with E-state index in [4.69, 9.17) is 23.2 Å². The highest BCUT2D eigenvalue weighted by atomic mass is 35.5. The number of halogens is 8. The van der Waals surface area contributed by atoms with Crippen molar-refractivity contribution in [2.45, 2.75) is 36.7 Å². The van der Waals surface area contributed by atoms with Crippen molar-refractivity contribution in [1.29, 1.82) is 0 Å². The van der Waals surface area contributed by atoms with Crippen molar-refractivity contribution in [2.75, 3.05) is 10.3 Å². The molecule has 4 amide bonds. The van der Waals surface area contributed by atoms with Crippen LogP contribution in [0.1, 0.15) is 35.4 Å². The van der Waals surface area contributed by atoms with Gasteiger partial charge in [-0.05, 0) is 66.8 Å². The molecule has 13 nitrogen and oxygen atoms in total. The fourth-order valence-corrected chi connectivity index (χ4v) is 9.42. The van der Waals surface area contributed by atoms with Gasteiger partial charge < -0.3 is 9.84 Å². The van der Waals surface area contributed by atoms with Crippen LogP contribution in [0.15, 0.2) is 90.6 Å². The summed E-state index contributed by atoms with van der Waals surface area (Å²) in [5.41, 5.74) is -1.68. The van der Waals surface area contributed by atoms with Gasteiger partial charge in [-0.15, -0.1) is 13.2 Å². The number of pyridine rings is 1. The SMILES string of the molecule is O=C1C2CC3C(=CCC4C(=O)N(c5cccc([N+](=O)[O-])c5)C(=O)C43)C(c3cc(OC(F)(F)F)ccc3O)C2(c2ccc(Cl)cc2)C(=O)N1Nc1ncc(C(F)(F)F)cc1Cl. The number of benzene rings is 3. The van der Waals surface area contributed by atoms with Gasteiger partial charge in [0.05, 0.1) is 44.4 Å². The molecule has 2 aliphatic carbocycles. The molecular weight excluding hydrogens is 851 g/mol. The summed E-state index contributed by atoms with van der Waals surface area (Å²) in [6, 6.07) is 13.3. The Hall–Kier alpha value is -6.21. The highest BCUT2D eigenvalue weighted by molar-refractivity contribution is 6.33. The minimum absolute atomic E-state index is 0.0612. The maximum atomic E-state index is 15.3. The molecule has 1 saturated carbocycles. The number of imide groups is 2. The van der Waals surface area contributed by atoms with Gasteiger partial charge in [0.2, 0.25) is 11.8 Å². The third kappa shape index (κ3) is 6.46. The predicted molar refractivity (Wildman–Crippen MR) is 197 cm³/mol. The van der Waals surface area contributed by atoms with Crippen molar-refractivity contribution >= 4 is 64.0 Å². The van der Waals surface area contributed by atoms with Crippen LogP contribution in [0.5, 0.6) is 11.5 Å². The molecular formula is C39H25Cl2F6N5O8. The summed E-state index contributed by atoms with van der Waals surface area (Å²) >= 11 is 12.4. The lowest BCUT2D eigenvalue weighted by Crippen LogP contribution is -2.53. The number of amides is 4. The molecule has 0 spiro atoms. The third-order valence-corrected chi connectivity index (χ3v) is 11.9. The van der Waals surface area contributed by atoms with Gasteiger partial charge in [-0.2, -0.15) is 18.2 Å². The zero-order chi connectivity index (χ0) is 43.2. The van der Waals surface area contributed by atoms with Crippen LogP contribution in [-0.2, 0) is 30.8 Å². The first-order chi connectivity index (χ1) is 28.2. The lowest BCUT2D eigenvalue weighted by atomic mass is 9.49. The Labute approximate surface area is 343 Å². The van der Waals surface area contributed by atoms with Crippen LogP contribution in [0.2, 0.25) is 10.0 Å². The standard InChI is InChI=1S/C39H25Cl2F6N5O8/c40-19-6-4-17(5-7-19)37-27(34(55)51(36(37)57)49-32-28(41)12-18(16-48-32)38(42,43)44)15-25-23(31(37)26-14-22(8-11-29(26)53)60-39(45,46)47)9-10-24-30(25)35(56)50(33(24)54)20-2-1-3-21(13-20)52(58)59/h1-9,11-14,16,24-25,27,30-31,53H,10,15H2,(H,48,49). The Balaban J connectivity index is 1.33. The van der Waals surface area contributed by atoms with Gasteiger partial charge in [0.25, 0.3) is 17.5 Å². The Morgan fingerprint density at radius 3 is 2.28 bits per heavy atom. The van der Waals surface area contributed by atoms with E-state index in [1.54, 1.807) is 0 Å². The number of non-ortho nitro benzene ring substituents is 1. The van der Waals surface area contributed by atoms with Gasteiger partial charge in [0.1, 0.15) is 11.5 Å². The first kappa shape index (κ1) is 40.6. The van der Waals surface area contributed by atoms with Gasteiger partial charge in [-0.1, -0.05) is 53.1 Å². The van der Waals surface area contributed by atoms with Gasteiger partial charge in [0, 0.05) is 34.8 Å². The molecule has 4 aromatic rings. The smallest absolute Gasteiger partial charge is 0.508 e. The molecule has 8 rings (SSSR count). The second-order valence-corrected chi connectivity index (χ2v) is 15.3. The molecule has 6 unspecified atom stereocenters. The number of nitro benzene ring substituents is 1. The first-order valence-electron chi connectivity index (χ1n) is 17.8. The van der Waals surface area contributed by atoms with Crippen LogP contribution < -0.4 is 15.1 Å². The molecule has 21 heteroatoms. The number of carbonyl (C=O) groups is 4. The summed E-state index contributed by atoms with van der Waals surface area (Å²) in [5, 5.41) is 23.1. The zero-order valence-electron chi connectivity index (χ0n) is 30.0. The Bertz CT molecular complexity index is 2560. The number of phenolic OH excluding ortho intramolecular Hbond substituents is 1. The van der Waals surface area contributed by atoms with E-state index in [0.29, 0.717) is 17.3 Å². The van der Waals surface area contributed by atoms with Gasteiger partial charge in [-0.25, -0.2) is 9.88 Å². The highest BCUT2D eigenvalue weighted by Gasteiger charge is 2.71. The number of phenols is 1. The summed E-state index contributed by atoms with van der Waals surface area (Å²) in [5.74, 6) is -12.4. The summed E-state index contributed by atoms with van der Waals surface area (Å²) in [4.78, 5) is 74.0. The quantitative estimate of drug-likeness (QED) is 0.0608. The van der Waals surface area contributed by atoms with Gasteiger partial charge in [0.15, 0.2) is 5.82 Å². The number of aromatic nitrogens is 1. The molecule has 6 atom stereocenters. The third-order valence-electron chi connectivity index (χ3n) is 11.4. The van der Waals surface area contributed by atoms with Crippen LogP contribution >= 0.6 is 23.2 Å². The number of carbonyl (C=O) groups excluding carboxylic acids is 4. The highest BCUT2D eigenvalue weighted by Crippen LogP contribution is 2.65. The number of nitrogens with zero attached hydrogens (tertiary/aromatic N) is 4. The predicted octanol–water partition coefficient (Wildman–Crippen LogP) is 8.11. The van der Waals surface area contributed by atoms with E-state index in [1.807, 2.05) is 0 Å². The van der Waals surface area contributed by atoms with Gasteiger partial charge in [-0.3, -0.25) is 34.7 Å². The number of rotatable bonds is 7. The van der Waals surface area contributed by atoms with Crippen LogP contribution in [0.4, 0.5) is 43.5 Å². The Morgan fingerprint density at radius 2 is 1.63 bits per heavy atom. The minimum Gasteiger partial charge on any atom is -0.508 e. The summed E-state index contributed by atoms with van der Waals surface area (Å²) in [6.45, 7) is 0. The normalized spacial score (nSPS) is 25.1. The number of anilines is 2. The maximum Gasteiger partial charge on any atom is 0.573 e. The lowest BCUT2D eigenvalue weighted by molar-refractivity contribution is -0.384. The molecule has 310 valence electrons. The van der Waals surface area contributed by atoms with Crippen LogP contribution in [0, 0.1) is 33.8 Å². The number of hydrogen-bond acceptors (Lipinski definition) is 10. The fourth-order valence-electron chi connectivity index (χ4n) is 9.09. The fraction of sp³-hybridized carbons (Fsp3) is 0.256. The van der Waals surface area contributed by atoms with Crippen molar-refractivity contribution in [3.8, 4) is 11.5 Å². The second kappa shape index (κ2) is 14.2. The van der Waals surface area contributed by atoms with Crippen molar-refractivity contribution in [2.24, 2.45) is 23.7 Å². The van der Waals surface area contributed by atoms with Crippen molar-refractivity contribution in [1.82, 2.24) is 9.99 Å². The van der Waals surface area contributed by atoms with Crippen molar-refractivity contribution in [3.05, 3.63) is 127 Å². The molecule has 3 fully saturated rings. The van der Waals surface area contributed by atoms with Gasteiger partial charge >= 0.3 is 12.5 Å². The van der Waals surface area contributed by atoms with Crippen molar-refractivity contribution < 1.29 is 60.3 Å². The molecule has 2 aliphatic heterocycles. The average molecular weight is 877 g/mol. The molecule has 2 N–H and O–H groups in total. The monoisotopic (exact) mass is 875 g/mol. The lowest BCUT2D eigenvalue weighted by Gasteiger charge is -2.50. The molecule has 3 heterocycles. The summed E-state index contributed by atoms with van der Waals surface area (Å²) in [7, 11) is 0. The largest absolute Gasteiger partial charge is 0.573 e. The Kier molecular flexibility index (Phi) is 9.61. The number of ether oxygens (including phenoxy) is 1. The number of aromatic hydroxyl groups is 1. The number of nitrogens with one attached hydrogen (secondary N) is 1. The number of allylic oxidation sites excluding steroid dienone is 2. The molecule has 3 aromatic carbocycles. The molecule has 1 aromatic heterocycles. The van der Waals surface area contributed by atoms with Crippen LogP contribution in [0.25, 0.3) is 0 Å². The van der Waals surface area contributed by atoms with Crippen LogP contribution in [-0.4, -0.2) is 50.0 Å². The minimum atomic E-state index is -5.22. The summed E-state index contributed by atoms with van der Waals surface area (Å²) < 4.78 is 85.6. The number of fused-ring (bicyclic) bond motifs is 4. The van der Waals surface area contributed by atoms with E-state index in [0.717, 1.165) is 35.2 Å². The number of nitro groups is 1. The maximum absolute atomic E-state index is 15.3. The van der Waals surface area contributed by atoms with E-state index >= 15 is 4.79 Å². The van der Waals surface area contributed by atoms with Crippen molar-refractivity contribution in [3.63, 3.8) is 0 Å². The van der Waals surface area contributed by atoms with E-state index in [2.05, 4.69) is 15.1 Å². The second-order valence-electron chi connectivity index (χ2n) is 14.5. The average Bonchev–Trinajstić information content (AvgIpc) is 3.56. The van der Waals surface area contributed by atoms with Crippen LogP contribution in [0.3, 0.4) is 0 Å². The topological polar surface area (TPSA) is 172 Å². The molecule has 0 bridgehead atoms. The van der Waals surface area contributed by atoms with E-state index in [9.17, 15) is 55.9 Å². The molecule has 2 saturated heterocycles. The zero-order valence-corrected chi connectivity index (χ0v) is 31.5. The number of alkyl halides is 6. The van der Waals surface area contributed by atoms with E-state index < -0.39 is 110 Å². The first-order valence-corrected chi connectivity index (χ1v) is 18.5. The Morgan fingerprint density at radius 1 is 0.917 bits per heavy atom. The van der Waals surface area contributed by atoms with E-state index in [1.165, 1.54) is 42.5 Å². The molecule has 4 aliphatic rings. The number of hydrazine groups is 1. The van der Waals surface area contributed by atoms with E-state index in [-0.39, 0.29) is 40.3 Å². The molecule has 60 heavy (non-hydrogen) atoms.